The van der Waals surface area contributed by atoms with Crippen molar-refractivity contribution < 1.29 is 19.1 Å². The zero-order valence-electron chi connectivity index (χ0n) is 16.6. The average Bonchev–Trinajstić information content (AvgIpc) is 2.93. The van der Waals surface area contributed by atoms with Gasteiger partial charge in [0.1, 0.15) is 5.82 Å². The summed E-state index contributed by atoms with van der Waals surface area (Å²) in [6, 6.07) is 9.60. The highest BCUT2D eigenvalue weighted by Gasteiger charge is 2.42. The average molecular weight is 396 g/mol. The van der Waals surface area contributed by atoms with E-state index < -0.39 is 11.7 Å². The summed E-state index contributed by atoms with van der Waals surface area (Å²) in [5.74, 6) is -0.943. The van der Waals surface area contributed by atoms with Gasteiger partial charge in [-0.3, -0.25) is 9.59 Å². The monoisotopic (exact) mass is 396 g/mol. The lowest BCUT2D eigenvalue weighted by atomic mass is 9.98. The molecule has 2 amide bonds. The zero-order chi connectivity index (χ0) is 20.7. The number of aryl methyl sites for hydroxylation is 2. The van der Waals surface area contributed by atoms with E-state index in [0.29, 0.717) is 29.7 Å². The van der Waals surface area contributed by atoms with Crippen molar-refractivity contribution in [2.24, 2.45) is 0 Å². The Bertz CT molecular complexity index is 940. The van der Waals surface area contributed by atoms with Crippen LogP contribution in [0.25, 0.3) is 0 Å². The number of rotatable bonds is 3. The third kappa shape index (κ3) is 3.90. The number of benzene rings is 2. The molecule has 2 fully saturated rings. The molecule has 0 aromatic heterocycles. The highest BCUT2D eigenvalue weighted by atomic mass is 19.1. The number of carbonyl (C=O) groups is 2. The molecule has 0 saturated carbocycles. The smallest absolute Gasteiger partial charge is 0.255 e. The molecule has 2 N–H and O–H groups in total. The van der Waals surface area contributed by atoms with Gasteiger partial charge in [-0.05, 0) is 81.0 Å². The number of nitrogens with zero attached hydrogens (tertiary/aromatic N) is 1. The second kappa shape index (κ2) is 7.59. The molecule has 1 unspecified atom stereocenters. The Morgan fingerprint density at radius 1 is 1.03 bits per heavy atom. The van der Waals surface area contributed by atoms with E-state index in [9.17, 15) is 19.1 Å². The standard InChI is InChI=1S/C23H25FN2O3/c1-13-7-16(9-17(24)8-13)22(28)25-21-10-15(4-3-14(21)2)23(29)26-18-5-6-19(26)12-20(27)11-18/h3-4,7-10,18-20,27H,5-6,11-12H2,1-2H3,(H,25,28)/t18-,19+,20?. The topological polar surface area (TPSA) is 69.6 Å². The van der Waals surface area contributed by atoms with Gasteiger partial charge >= 0.3 is 0 Å². The zero-order valence-corrected chi connectivity index (χ0v) is 16.6. The first-order valence-electron chi connectivity index (χ1n) is 10.0. The molecule has 152 valence electrons. The maximum Gasteiger partial charge on any atom is 0.255 e. The molecular formula is C23H25FN2O3. The predicted octanol–water partition coefficient (Wildman–Crippen LogP) is 3.82. The van der Waals surface area contributed by atoms with E-state index in [4.69, 9.17) is 0 Å². The highest BCUT2D eigenvalue weighted by Crippen LogP contribution is 2.37. The maximum atomic E-state index is 13.6. The molecule has 0 radical (unpaired) electrons. The van der Waals surface area contributed by atoms with Crippen LogP contribution >= 0.6 is 0 Å². The number of halogens is 1. The minimum Gasteiger partial charge on any atom is -0.393 e. The number of nitrogens with one attached hydrogen (secondary N) is 1. The van der Waals surface area contributed by atoms with Crippen molar-refractivity contribution in [3.8, 4) is 0 Å². The number of hydrogen-bond donors (Lipinski definition) is 2. The van der Waals surface area contributed by atoms with Gasteiger partial charge < -0.3 is 15.3 Å². The lowest BCUT2D eigenvalue weighted by Gasteiger charge is -2.37. The Morgan fingerprint density at radius 2 is 1.72 bits per heavy atom. The van der Waals surface area contributed by atoms with Gasteiger partial charge in [0, 0.05) is 28.9 Å². The van der Waals surface area contributed by atoms with Crippen LogP contribution < -0.4 is 5.32 Å². The summed E-state index contributed by atoms with van der Waals surface area (Å²) in [6.07, 6.45) is 2.75. The predicted molar refractivity (Wildman–Crippen MR) is 108 cm³/mol. The number of amides is 2. The first-order chi connectivity index (χ1) is 13.8. The second-order valence-corrected chi connectivity index (χ2v) is 8.22. The van der Waals surface area contributed by atoms with Crippen LogP contribution in [0.4, 0.5) is 10.1 Å². The van der Waals surface area contributed by atoms with E-state index in [2.05, 4.69) is 5.32 Å². The summed E-state index contributed by atoms with van der Waals surface area (Å²) >= 11 is 0. The fraction of sp³-hybridized carbons (Fsp3) is 0.391. The van der Waals surface area contributed by atoms with Gasteiger partial charge in [-0.15, -0.1) is 0 Å². The molecule has 0 spiro atoms. The fourth-order valence-corrected chi connectivity index (χ4v) is 4.58. The van der Waals surface area contributed by atoms with Crippen molar-refractivity contribution in [3.63, 3.8) is 0 Å². The SMILES string of the molecule is Cc1cc(F)cc(C(=O)Nc2cc(C(=O)N3[C@@H]4CC[C@H]3CC(O)C4)ccc2C)c1. The van der Waals surface area contributed by atoms with Crippen molar-refractivity contribution in [1.82, 2.24) is 4.90 Å². The molecule has 2 heterocycles. The van der Waals surface area contributed by atoms with Crippen molar-refractivity contribution in [3.05, 3.63) is 64.5 Å². The Hall–Kier alpha value is -2.73. The lowest BCUT2D eigenvalue weighted by molar-refractivity contribution is 0.0287. The van der Waals surface area contributed by atoms with Gasteiger partial charge in [-0.2, -0.15) is 0 Å². The molecule has 2 aromatic rings. The molecular weight excluding hydrogens is 371 g/mol. The molecule has 2 aliphatic rings. The molecule has 2 aliphatic heterocycles. The second-order valence-electron chi connectivity index (χ2n) is 8.22. The van der Waals surface area contributed by atoms with Crippen LogP contribution in [-0.2, 0) is 0 Å². The first-order valence-corrected chi connectivity index (χ1v) is 10.0. The molecule has 2 saturated heterocycles. The summed E-state index contributed by atoms with van der Waals surface area (Å²) in [4.78, 5) is 27.7. The first kappa shape index (κ1) is 19.6. The van der Waals surface area contributed by atoms with Crippen molar-refractivity contribution in [2.45, 2.75) is 57.7 Å². The number of aliphatic hydroxyl groups excluding tert-OH is 1. The molecule has 29 heavy (non-hydrogen) atoms. The summed E-state index contributed by atoms with van der Waals surface area (Å²) in [7, 11) is 0. The van der Waals surface area contributed by atoms with Crippen LogP contribution in [0.3, 0.4) is 0 Å². The van der Waals surface area contributed by atoms with Gasteiger partial charge in [0.25, 0.3) is 11.8 Å². The Morgan fingerprint density at radius 3 is 2.38 bits per heavy atom. The Labute approximate surface area is 169 Å². The van der Waals surface area contributed by atoms with Gasteiger partial charge in [-0.1, -0.05) is 6.07 Å². The van der Waals surface area contributed by atoms with Crippen molar-refractivity contribution in [1.29, 1.82) is 0 Å². The van der Waals surface area contributed by atoms with Crippen LogP contribution in [0.15, 0.2) is 36.4 Å². The van der Waals surface area contributed by atoms with E-state index >= 15 is 0 Å². The molecule has 5 nitrogen and oxygen atoms in total. The van der Waals surface area contributed by atoms with E-state index in [1.54, 1.807) is 31.2 Å². The van der Waals surface area contributed by atoms with Crippen molar-refractivity contribution in [2.75, 3.05) is 5.32 Å². The summed E-state index contributed by atoms with van der Waals surface area (Å²) in [5, 5.41) is 12.8. The number of anilines is 1. The van der Waals surface area contributed by atoms with Gasteiger partial charge in [0.15, 0.2) is 0 Å². The largest absolute Gasteiger partial charge is 0.393 e. The van der Waals surface area contributed by atoms with E-state index in [-0.39, 0.29) is 29.7 Å². The van der Waals surface area contributed by atoms with Gasteiger partial charge in [-0.25, -0.2) is 4.39 Å². The number of aliphatic hydroxyl groups is 1. The van der Waals surface area contributed by atoms with Crippen LogP contribution in [0, 0.1) is 19.7 Å². The highest BCUT2D eigenvalue weighted by molar-refractivity contribution is 6.05. The molecule has 4 rings (SSSR count). The molecule has 2 bridgehead atoms. The van der Waals surface area contributed by atoms with E-state index in [1.165, 1.54) is 12.1 Å². The molecule has 3 atom stereocenters. The molecule has 6 heteroatoms. The third-order valence-corrected chi connectivity index (χ3v) is 5.98. The van der Waals surface area contributed by atoms with E-state index in [0.717, 1.165) is 18.4 Å². The van der Waals surface area contributed by atoms with Crippen LogP contribution in [0.1, 0.15) is 57.5 Å². The molecule has 2 aromatic carbocycles. The number of hydrogen-bond acceptors (Lipinski definition) is 3. The summed E-state index contributed by atoms with van der Waals surface area (Å²) < 4.78 is 13.6. The third-order valence-electron chi connectivity index (χ3n) is 5.98. The van der Waals surface area contributed by atoms with Crippen molar-refractivity contribution >= 4 is 17.5 Å². The lowest BCUT2D eigenvalue weighted by Crippen LogP contribution is -2.48. The summed E-state index contributed by atoms with van der Waals surface area (Å²) in [5.41, 5.74) is 2.77. The Kier molecular flexibility index (Phi) is 5.13. The van der Waals surface area contributed by atoms with E-state index in [1.807, 2.05) is 11.8 Å². The minimum absolute atomic E-state index is 0.0681. The minimum atomic E-state index is -0.460. The normalized spacial score (nSPS) is 23.2. The molecule has 0 aliphatic carbocycles. The number of piperidine rings is 1. The van der Waals surface area contributed by atoms with Crippen LogP contribution in [0.2, 0.25) is 0 Å². The van der Waals surface area contributed by atoms with Gasteiger partial charge in [0.05, 0.1) is 6.10 Å². The number of carbonyl (C=O) groups excluding carboxylic acids is 2. The Balaban J connectivity index is 1.56. The maximum absolute atomic E-state index is 13.6. The fourth-order valence-electron chi connectivity index (χ4n) is 4.58. The van der Waals surface area contributed by atoms with Crippen LogP contribution in [0.5, 0.6) is 0 Å². The summed E-state index contributed by atoms with van der Waals surface area (Å²) in [6.45, 7) is 3.58. The quantitative estimate of drug-likeness (QED) is 0.829. The van der Waals surface area contributed by atoms with Crippen LogP contribution in [-0.4, -0.2) is 40.0 Å². The van der Waals surface area contributed by atoms with Gasteiger partial charge in [0.2, 0.25) is 0 Å². The number of fused-ring (bicyclic) bond motifs is 2.